The molecule has 0 radical (unpaired) electrons. The van der Waals surface area contributed by atoms with Gasteiger partial charge in [0.2, 0.25) is 0 Å². The third-order valence-electron chi connectivity index (χ3n) is 1.19. The second-order valence-corrected chi connectivity index (χ2v) is 4.48. The first-order valence-corrected chi connectivity index (χ1v) is 5.56. The van der Waals surface area contributed by atoms with E-state index in [-0.39, 0.29) is 0 Å². The molecule has 0 aromatic heterocycles. The summed E-state index contributed by atoms with van der Waals surface area (Å²) in [6.45, 7) is 0. The molecule has 0 fully saturated rings. The lowest BCUT2D eigenvalue weighted by Gasteiger charge is -1.97. The quantitative estimate of drug-likeness (QED) is 0.732. The van der Waals surface area contributed by atoms with Gasteiger partial charge in [-0.2, -0.15) is 16.3 Å². The summed E-state index contributed by atoms with van der Waals surface area (Å²) in [6.07, 6.45) is -4.84. The smallest absolute Gasteiger partial charge is 0.262 e. The number of amides is 1. The first-order chi connectivity index (χ1) is 6.50. The zero-order valence-corrected chi connectivity index (χ0v) is 8.91. The van der Waals surface area contributed by atoms with E-state index in [0.717, 1.165) is 0 Å². The van der Waals surface area contributed by atoms with E-state index in [4.69, 9.17) is 0 Å². The van der Waals surface area contributed by atoms with Crippen molar-refractivity contribution < 1.29 is 18.0 Å². The molecule has 6 heteroatoms. The minimum Gasteiger partial charge on any atom is -0.262 e. The third-order valence-corrected chi connectivity index (χ3v) is 3.15. The Kier molecular flexibility index (Phi) is 3.73. The van der Waals surface area contributed by atoms with Crippen molar-refractivity contribution in [2.75, 3.05) is 0 Å². The van der Waals surface area contributed by atoms with Crippen LogP contribution >= 0.6 is 21.0 Å². The number of carbonyl (C=O) groups is 1. The lowest BCUT2D eigenvalue weighted by atomic mass is 10.4. The standard InChI is InChI=1S/C8H5F3INO/c9-8(10,11)7(14)13-12-6-4-2-1-3-5-6/h1-5H. The molecule has 1 aromatic carbocycles. The van der Waals surface area contributed by atoms with Crippen LogP contribution in [-0.4, -0.2) is 12.1 Å². The molecule has 76 valence electrons. The number of benzene rings is 1. The number of rotatable bonds is 1. The molecule has 0 aliphatic rings. The van der Waals surface area contributed by atoms with Crippen LogP contribution in [0.2, 0.25) is 0 Å². The zero-order chi connectivity index (χ0) is 10.6. The van der Waals surface area contributed by atoms with Gasteiger partial charge in [0, 0.05) is 24.6 Å². The minimum atomic E-state index is -4.84. The molecule has 14 heavy (non-hydrogen) atoms. The summed E-state index contributed by atoms with van der Waals surface area (Å²) in [7, 11) is 0. The summed E-state index contributed by atoms with van der Waals surface area (Å²) < 4.78 is 38.9. The number of carbonyl (C=O) groups excluding carboxylic acids is 1. The van der Waals surface area contributed by atoms with Gasteiger partial charge >= 0.3 is 12.1 Å². The summed E-state index contributed by atoms with van der Waals surface area (Å²) >= 11 is -1.22. The molecule has 0 N–H and O–H groups in total. The Hall–Kier alpha value is -0.790. The van der Waals surface area contributed by atoms with Crippen molar-refractivity contribution in [3.8, 4) is 0 Å². The average molecular weight is 315 g/mol. The first kappa shape index (κ1) is 11.3. The molecule has 1 amide bonds. The number of halogens is 4. The minimum absolute atomic E-state index is 0.684. The predicted octanol–water partition coefficient (Wildman–Crippen LogP) is 3.10. The molecule has 2 nitrogen and oxygen atoms in total. The van der Waals surface area contributed by atoms with Crippen molar-refractivity contribution in [1.82, 2.24) is 0 Å². The summed E-state index contributed by atoms with van der Waals surface area (Å²) in [4.78, 5) is 10.4. The molecule has 0 heterocycles. The monoisotopic (exact) mass is 315 g/mol. The zero-order valence-electron chi connectivity index (χ0n) is 6.75. The molecular formula is C8H5F3INO. The Bertz CT molecular complexity index is 347. The highest BCUT2D eigenvalue weighted by Crippen LogP contribution is 2.21. The Morgan fingerprint density at radius 3 is 2.29 bits per heavy atom. The maximum absolute atomic E-state index is 11.7. The number of alkyl halides is 3. The van der Waals surface area contributed by atoms with Gasteiger partial charge in [-0.1, -0.05) is 18.2 Å². The molecule has 1 rings (SSSR count). The molecular weight excluding hydrogens is 310 g/mol. The van der Waals surface area contributed by atoms with Crippen LogP contribution in [0.4, 0.5) is 13.2 Å². The SMILES string of the molecule is O=C(/N=I/c1ccccc1)C(F)(F)F. The van der Waals surface area contributed by atoms with Gasteiger partial charge in [-0.25, -0.2) is 0 Å². The molecule has 0 aliphatic carbocycles. The van der Waals surface area contributed by atoms with Crippen LogP contribution in [0.25, 0.3) is 0 Å². The lowest BCUT2D eigenvalue weighted by molar-refractivity contribution is -0.169. The van der Waals surface area contributed by atoms with Crippen molar-refractivity contribution in [1.29, 1.82) is 0 Å². The second-order valence-electron chi connectivity index (χ2n) is 2.27. The maximum atomic E-state index is 11.7. The van der Waals surface area contributed by atoms with Crippen LogP contribution in [0.3, 0.4) is 0 Å². The maximum Gasteiger partial charge on any atom is 0.473 e. The predicted molar refractivity (Wildman–Crippen MR) is 52.6 cm³/mol. The van der Waals surface area contributed by atoms with E-state index in [0.29, 0.717) is 3.57 Å². The average Bonchev–Trinajstić information content (AvgIpc) is 2.14. The normalized spacial score (nSPS) is 12.5. The molecule has 0 aliphatic heterocycles. The van der Waals surface area contributed by atoms with E-state index in [1.54, 1.807) is 30.3 Å². The highest BCUT2D eigenvalue weighted by molar-refractivity contribution is 14.2. The van der Waals surface area contributed by atoms with Crippen molar-refractivity contribution in [3.05, 3.63) is 33.9 Å². The number of hydrogen-bond donors (Lipinski definition) is 0. The molecule has 0 bridgehead atoms. The molecule has 0 spiro atoms. The Morgan fingerprint density at radius 2 is 1.79 bits per heavy atom. The summed E-state index contributed by atoms with van der Waals surface area (Å²) in [5, 5.41) is 0. The highest BCUT2D eigenvalue weighted by Gasteiger charge is 2.38. The topological polar surface area (TPSA) is 29.4 Å². The molecule has 0 unspecified atom stereocenters. The van der Waals surface area contributed by atoms with Crippen LogP contribution in [0.1, 0.15) is 0 Å². The van der Waals surface area contributed by atoms with Gasteiger partial charge in [0.05, 0.1) is 0 Å². The summed E-state index contributed by atoms with van der Waals surface area (Å²) in [5.74, 6) is -1.99. The van der Waals surface area contributed by atoms with E-state index in [1.807, 2.05) is 0 Å². The van der Waals surface area contributed by atoms with E-state index in [9.17, 15) is 18.0 Å². The molecule has 0 saturated heterocycles. The van der Waals surface area contributed by atoms with Gasteiger partial charge in [0.25, 0.3) is 0 Å². The lowest BCUT2D eigenvalue weighted by Crippen LogP contribution is -2.19. The van der Waals surface area contributed by atoms with Crippen LogP contribution in [0.5, 0.6) is 0 Å². The van der Waals surface area contributed by atoms with Crippen LogP contribution in [-0.2, 0) is 4.79 Å². The number of nitrogens with zero attached hydrogens (tertiary/aromatic N) is 1. The Morgan fingerprint density at radius 1 is 1.21 bits per heavy atom. The second kappa shape index (κ2) is 4.63. The van der Waals surface area contributed by atoms with Gasteiger partial charge < -0.3 is 0 Å². The van der Waals surface area contributed by atoms with Crippen LogP contribution < -0.4 is 0 Å². The largest absolute Gasteiger partial charge is 0.473 e. The van der Waals surface area contributed by atoms with E-state index in [2.05, 4.69) is 3.15 Å². The third kappa shape index (κ3) is 3.52. The fourth-order valence-corrected chi connectivity index (χ4v) is 2.11. The molecule has 0 saturated carbocycles. The van der Waals surface area contributed by atoms with Crippen molar-refractivity contribution in [2.45, 2.75) is 6.18 Å². The summed E-state index contributed by atoms with van der Waals surface area (Å²) in [6, 6.07) is 8.45. The highest BCUT2D eigenvalue weighted by atomic mass is 127. The number of hydrogen-bond acceptors (Lipinski definition) is 1. The van der Waals surface area contributed by atoms with Crippen molar-refractivity contribution >= 4 is 26.9 Å². The molecule has 0 atom stereocenters. The first-order valence-electron chi connectivity index (χ1n) is 3.51. The van der Waals surface area contributed by atoms with Crippen molar-refractivity contribution in [3.63, 3.8) is 0 Å². The van der Waals surface area contributed by atoms with Gasteiger partial charge in [-0.15, -0.1) is 0 Å². The van der Waals surface area contributed by atoms with Crippen LogP contribution in [0.15, 0.2) is 33.5 Å². The fraction of sp³-hybridized carbons (Fsp3) is 0.125. The van der Waals surface area contributed by atoms with E-state index < -0.39 is 33.1 Å². The van der Waals surface area contributed by atoms with E-state index >= 15 is 0 Å². The van der Waals surface area contributed by atoms with E-state index in [1.165, 1.54) is 0 Å². The Labute approximate surface area is 88.3 Å². The van der Waals surface area contributed by atoms with Gasteiger partial charge in [-0.3, -0.25) is 4.79 Å². The molecule has 1 aromatic rings. The van der Waals surface area contributed by atoms with Crippen molar-refractivity contribution in [2.24, 2.45) is 3.15 Å². The fourth-order valence-electron chi connectivity index (χ4n) is 0.606. The van der Waals surface area contributed by atoms with Gasteiger partial charge in [0.1, 0.15) is 0 Å². The Balaban J connectivity index is 2.71. The summed E-state index contributed by atoms with van der Waals surface area (Å²) in [5.41, 5.74) is 0. The van der Waals surface area contributed by atoms with Gasteiger partial charge in [-0.05, 0) is 12.1 Å². The van der Waals surface area contributed by atoms with Crippen LogP contribution in [0, 0.1) is 3.57 Å². The van der Waals surface area contributed by atoms with Gasteiger partial charge in [0.15, 0.2) is 0 Å².